The van der Waals surface area contributed by atoms with Crippen molar-refractivity contribution in [3.63, 3.8) is 0 Å². The molecular weight excluding hydrogens is 331 g/mol. The van der Waals surface area contributed by atoms with E-state index in [1.165, 1.54) is 29.5 Å². The normalized spacial score (nSPS) is 21.1. The van der Waals surface area contributed by atoms with Crippen LogP contribution in [0.15, 0.2) is 18.2 Å². The van der Waals surface area contributed by atoms with Crippen molar-refractivity contribution in [3.05, 3.63) is 34.9 Å². The molecule has 1 aromatic rings. The lowest BCUT2D eigenvalue weighted by Gasteiger charge is -2.41. The number of hydrogen-bond donors (Lipinski definition) is 1. The number of hydrogen-bond acceptors (Lipinski definition) is 3. The molecule has 1 aromatic carbocycles. The molecule has 132 valence electrons. The van der Waals surface area contributed by atoms with Crippen LogP contribution in [0.4, 0.5) is 0 Å². The topological polar surface area (TPSA) is 24.5 Å². The fourth-order valence-electron chi connectivity index (χ4n) is 3.95. The van der Waals surface area contributed by atoms with Crippen LogP contribution in [0.1, 0.15) is 35.6 Å². The lowest BCUT2D eigenvalue weighted by atomic mass is 9.84. The lowest BCUT2D eigenvalue weighted by molar-refractivity contribution is 0.0213. The lowest BCUT2D eigenvalue weighted by Crippen LogP contribution is -2.47. The summed E-state index contributed by atoms with van der Waals surface area (Å²) in [4.78, 5) is 2.70. The van der Waals surface area contributed by atoms with Gasteiger partial charge in [0.2, 0.25) is 0 Å². The first kappa shape index (κ1) is 20.7. The number of rotatable bonds is 3. The number of halogens is 2. The molecule has 3 nitrogen and oxygen atoms in total. The van der Waals surface area contributed by atoms with E-state index in [4.69, 9.17) is 4.74 Å². The Morgan fingerprint density at radius 1 is 1.00 bits per heavy atom. The SMILES string of the molecule is Cc1cc(C)cc([C@@H](C2CCOCC2)N2CCNCC2)c1.Cl.Cl. The molecule has 1 atom stereocenters. The van der Waals surface area contributed by atoms with Crippen LogP contribution < -0.4 is 5.32 Å². The highest BCUT2D eigenvalue weighted by atomic mass is 35.5. The minimum Gasteiger partial charge on any atom is -0.381 e. The van der Waals surface area contributed by atoms with E-state index >= 15 is 0 Å². The molecule has 2 aliphatic rings. The van der Waals surface area contributed by atoms with Gasteiger partial charge in [-0.1, -0.05) is 29.3 Å². The van der Waals surface area contributed by atoms with Gasteiger partial charge in [0.25, 0.3) is 0 Å². The molecule has 3 rings (SSSR count). The van der Waals surface area contributed by atoms with Crippen LogP contribution in [-0.2, 0) is 4.74 Å². The second-order valence-electron chi connectivity index (χ2n) is 6.60. The van der Waals surface area contributed by atoms with Crippen molar-refractivity contribution in [2.24, 2.45) is 5.92 Å². The van der Waals surface area contributed by atoms with Gasteiger partial charge in [0, 0.05) is 45.4 Å². The van der Waals surface area contributed by atoms with E-state index in [1.54, 1.807) is 0 Å². The summed E-state index contributed by atoms with van der Waals surface area (Å²) in [6, 6.07) is 7.64. The fourth-order valence-corrected chi connectivity index (χ4v) is 3.95. The predicted molar refractivity (Wildman–Crippen MR) is 101 cm³/mol. The molecule has 5 heteroatoms. The van der Waals surface area contributed by atoms with E-state index < -0.39 is 0 Å². The Morgan fingerprint density at radius 3 is 2.13 bits per heavy atom. The van der Waals surface area contributed by atoms with Gasteiger partial charge in [0.15, 0.2) is 0 Å². The average Bonchev–Trinajstić information content (AvgIpc) is 2.49. The van der Waals surface area contributed by atoms with Gasteiger partial charge in [-0.3, -0.25) is 4.90 Å². The van der Waals surface area contributed by atoms with Crippen molar-refractivity contribution in [2.45, 2.75) is 32.7 Å². The molecule has 0 spiro atoms. The fraction of sp³-hybridized carbons (Fsp3) is 0.667. The Kier molecular flexibility index (Phi) is 8.88. The minimum atomic E-state index is 0. The predicted octanol–water partition coefficient (Wildman–Crippen LogP) is 3.52. The second-order valence-corrected chi connectivity index (χ2v) is 6.60. The highest BCUT2D eigenvalue weighted by Gasteiger charge is 2.31. The van der Waals surface area contributed by atoms with Gasteiger partial charge < -0.3 is 10.1 Å². The van der Waals surface area contributed by atoms with Crippen molar-refractivity contribution >= 4 is 24.8 Å². The maximum absolute atomic E-state index is 5.59. The molecule has 0 aromatic heterocycles. The third-order valence-electron chi connectivity index (χ3n) is 4.84. The molecule has 0 bridgehead atoms. The number of nitrogens with one attached hydrogen (secondary N) is 1. The second kappa shape index (κ2) is 9.85. The molecule has 0 amide bonds. The first-order chi connectivity index (χ1) is 10.2. The Balaban J connectivity index is 0.00000132. The maximum Gasteiger partial charge on any atom is 0.0469 e. The molecular formula is C18H30Cl2N2O. The van der Waals surface area contributed by atoms with E-state index in [9.17, 15) is 0 Å². The van der Waals surface area contributed by atoms with Crippen LogP contribution in [0.5, 0.6) is 0 Å². The van der Waals surface area contributed by atoms with Crippen LogP contribution in [-0.4, -0.2) is 44.3 Å². The molecule has 0 aliphatic carbocycles. The van der Waals surface area contributed by atoms with E-state index in [1.807, 2.05) is 0 Å². The molecule has 0 unspecified atom stereocenters. The van der Waals surface area contributed by atoms with E-state index in [-0.39, 0.29) is 24.8 Å². The summed E-state index contributed by atoms with van der Waals surface area (Å²) in [5.74, 6) is 0.734. The smallest absolute Gasteiger partial charge is 0.0469 e. The van der Waals surface area contributed by atoms with Gasteiger partial charge in [-0.25, -0.2) is 0 Å². The molecule has 1 N–H and O–H groups in total. The monoisotopic (exact) mass is 360 g/mol. The van der Waals surface area contributed by atoms with Gasteiger partial charge in [-0.15, -0.1) is 24.8 Å². The average molecular weight is 361 g/mol. The molecule has 0 radical (unpaired) electrons. The zero-order valence-electron chi connectivity index (χ0n) is 14.2. The van der Waals surface area contributed by atoms with Gasteiger partial charge in [0.05, 0.1) is 0 Å². The first-order valence-electron chi connectivity index (χ1n) is 8.35. The molecule has 2 saturated heterocycles. The van der Waals surface area contributed by atoms with Gasteiger partial charge in [-0.05, 0) is 38.2 Å². The van der Waals surface area contributed by atoms with E-state index in [0.29, 0.717) is 6.04 Å². The van der Waals surface area contributed by atoms with Crippen molar-refractivity contribution in [1.29, 1.82) is 0 Å². The quantitative estimate of drug-likeness (QED) is 0.892. The number of ether oxygens (including phenoxy) is 1. The standard InChI is InChI=1S/C18H28N2O.2ClH/c1-14-11-15(2)13-17(12-14)18(16-3-9-21-10-4-16)20-7-5-19-6-8-20;;/h11-13,16,18-19H,3-10H2,1-2H3;2*1H/t18-;;/m1../s1. The van der Waals surface area contributed by atoms with Gasteiger partial charge in [-0.2, -0.15) is 0 Å². The minimum absolute atomic E-state index is 0. The third-order valence-corrected chi connectivity index (χ3v) is 4.84. The summed E-state index contributed by atoms with van der Waals surface area (Å²) in [5.41, 5.74) is 4.29. The number of nitrogens with zero attached hydrogens (tertiary/aromatic N) is 1. The summed E-state index contributed by atoms with van der Waals surface area (Å²) < 4.78 is 5.59. The largest absolute Gasteiger partial charge is 0.381 e. The zero-order valence-corrected chi connectivity index (χ0v) is 15.8. The summed E-state index contributed by atoms with van der Waals surface area (Å²) in [5, 5.41) is 3.48. The van der Waals surface area contributed by atoms with Crippen molar-refractivity contribution in [1.82, 2.24) is 10.2 Å². The summed E-state index contributed by atoms with van der Waals surface area (Å²) >= 11 is 0. The molecule has 23 heavy (non-hydrogen) atoms. The van der Waals surface area contributed by atoms with Crippen LogP contribution in [0.2, 0.25) is 0 Å². The maximum atomic E-state index is 5.59. The van der Waals surface area contributed by atoms with Crippen molar-refractivity contribution in [3.8, 4) is 0 Å². The summed E-state index contributed by atoms with van der Waals surface area (Å²) in [6.45, 7) is 10.8. The Labute approximate surface area is 153 Å². The Morgan fingerprint density at radius 2 is 1.57 bits per heavy atom. The van der Waals surface area contributed by atoms with E-state index in [2.05, 4.69) is 42.3 Å². The highest BCUT2D eigenvalue weighted by molar-refractivity contribution is 5.85. The van der Waals surface area contributed by atoms with Crippen LogP contribution in [0.25, 0.3) is 0 Å². The van der Waals surface area contributed by atoms with Gasteiger partial charge >= 0.3 is 0 Å². The van der Waals surface area contributed by atoms with E-state index in [0.717, 1.165) is 45.3 Å². The van der Waals surface area contributed by atoms with Crippen LogP contribution >= 0.6 is 24.8 Å². The third kappa shape index (κ3) is 5.33. The summed E-state index contributed by atoms with van der Waals surface area (Å²) in [7, 11) is 0. The molecule has 2 aliphatic heterocycles. The van der Waals surface area contributed by atoms with Crippen molar-refractivity contribution in [2.75, 3.05) is 39.4 Å². The summed E-state index contributed by atoms with van der Waals surface area (Å²) in [6.07, 6.45) is 2.39. The Hall–Kier alpha value is -0.320. The van der Waals surface area contributed by atoms with Crippen molar-refractivity contribution < 1.29 is 4.74 Å². The zero-order chi connectivity index (χ0) is 14.7. The molecule has 0 saturated carbocycles. The number of aryl methyl sites for hydroxylation is 2. The van der Waals surface area contributed by atoms with Crippen LogP contribution in [0, 0.1) is 19.8 Å². The molecule has 2 heterocycles. The van der Waals surface area contributed by atoms with Gasteiger partial charge in [0.1, 0.15) is 0 Å². The Bertz CT molecular complexity index is 434. The highest BCUT2D eigenvalue weighted by Crippen LogP contribution is 2.36. The number of benzene rings is 1. The molecule has 2 fully saturated rings. The number of piperazine rings is 1. The first-order valence-corrected chi connectivity index (χ1v) is 8.35. The van der Waals surface area contributed by atoms with Crippen LogP contribution in [0.3, 0.4) is 0 Å².